The molecule has 3 saturated carbocycles. The van der Waals surface area contributed by atoms with E-state index in [1.165, 1.54) is 51.4 Å². The molecule has 0 amide bonds. The van der Waals surface area contributed by atoms with E-state index in [0.29, 0.717) is 30.1 Å². The maximum atomic E-state index is 9.93. The van der Waals surface area contributed by atoms with Gasteiger partial charge in [0.25, 0.3) is 0 Å². The number of aliphatic hydroxyl groups excluding tert-OH is 1. The van der Waals surface area contributed by atoms with Gasteiger partial charge in [0.15, 0.2) is 0 Å². The summed E-state index contributed by atoms with van der Waals surface area (Å²) in [5, 5.41) is 13.6. The van der Waals surface area contributed by atoms with Gasteiger partial charge in [-0.25, -0.2) is 0 Å². The zero-order valence-electron chi connectivity index (χ0n) is 13.2. The second kappa shape index (κ2) is 5.58. The van der Waals surface area contributed by atoms with Crippen molar-refractivity contribution in [3.63, 3.8) is 0 Å². The van der Waals surface area contributed by atoms with Gasteiger partial charge in [-0.2, -0.15) is 0 Å². The molecule has 0 heterocycles. The Balaban J connectivity index is 1.51. The average molecular weight is 281 g/mol. The van der Waals surface area contributed by atoms with Gasteiger partial charge in [-0.05, 0) is 62.7 Å². The Morgan fingerprint density at radius 3 is 2.25 bits per heavy atom. The predicted octanol–water partition coefficient (Wildman–Crippen LogP) is 2.86. The summed E-state index contributed by atoms with van der Waals surface area (Å²) >= 11 is 0. The molecule has 0 aromatic heterocycles. The van der Waals surface area contributed by atoms with E-state index >= 15 is 0 Å². The van der Waals surface area contributed by atoms with Crippen LogP contribution in [0.15, 0.2) is 0 Å². The van der Waals surface area contributed by atoms with Crippen molar-refractivity contribution in [3.8, 4) is 0 Å². The van der Waals surface area contributed by atoms with Crippen molar-refractivity contribution in [2.75, 3.05) is 13.2 Å². The summed E-state index contributed by atoms with van der Waals surface area (Å²) in [7, 11) is 0. The first kappa shape index (κ1) is 14.8. The first-order valence-corrected chi connectivity index (χ1v) is 8.53. The van der Waals surface area contributed by atoms with E-state index in [0.717, 1.165) is 0 Å². The Kier molecular flexibility index (Phi) is 4.13. The molecule has 3 nitrogen and oxygen atoms in total. The summed E-state index contributed by atoms with van der Waals surface area (Å²) < 4.78 is 6.24. The molecule has 0 radical (unpaired) electrons. The Labute approximate surface area is 123 Å². The molecule has 3 aliphatic carbocycles. The quantitative estimate of drug-likeness (QED) is 0.754. The lowest BCUT2D eigenvalue weighted by molar-refractivity contribution is -0.0444. The van der Waals surface area contributed by atoms with Gasteiger partial charge < -0.3 is 15.2 Å². The molecule has 1 atom stereocenters. The zero-order chi connectivity index (χ0) is 14.2. The SMILES string of the molecule is CC1(C)CCC(OCC(CO)(NC2CC2)C2CC2)CC1. The van der Waals surface area contributed by atoms with E-state index in [1.807, 2.05) is 0 Å². The molecule has 0 aromatic rings. The minimum absolute atomic E-state index is 0.145. The van der Waals surface area contributed by atoms with Crippen LogP contribution in [0.3, 0.4) is 0 Å². The lowest BCUT2D eigenvalue weighted by Crippen LogP contribution is -2.55. The van der Waals surface area contributed by atoms with Crippen LogP contribution in [0.25, 0.3) is 0 Å². The van der Waals surface area contributed by atoms with Crippen LogP contribution in [-0.4, -0.2) is 36.0 Å². The van der Waals surface area contributed by atoms with Gasteiger partial charge >= 0.3 is 0 Å². The van der Waals surface area contributed by atoms with Gasteiger partial charge in [0.05, 0.1) is 24.9 Å². The molecular formula is C17H31NO2. The van der Waals surface area contributed by atoms with Gasteiger partial charge in [-0.3, -0.25) is 0 Å². The van der Waals surface area contributed by atoms with Crippen LogP contribution in [0.5, 0.6) is 0 Å². The molecule has 0 spiro atoms. The fourth-order valence-corrected chi connectivity index (χ4v) is 3.57. The summed E-state index contributed by atoms with van der Waals surface area (Å²) in [6.07, 6.45) is 10.4. The first-order chi connectivity index (χ1) is 9.53. The maximum Gasteiger partial charge on any atom is 0.0681 e. The molecular weight excluding hydrogens is 250 g/mol. The van der Waals surface area contributed by atoms with Gasteiger partial charge in [-0.15, -0.1) is 0 Å². The van der Waals surface area contributed by atoms with E-state index < -0.39 is 0 Å². The fourth-order valence-electron chi connectivity index (χ4n) is 3.57. The van der Waals surface area contributed by atoms with E-state index in [2.05, 4.69) is 19.2 Å². The van der Waals surface area contributed by atoms with Gasteiger partial charge in [0.2, 0.25) is 0 Å². The van der Waals surface area contributed by atoms with Crippen LogP contribution in [0, 0.1) is 11.3 Å². The third-order valence-electron chi connectivity index (χ3n) is 5.57. The molecule has 0 saturated heterocycles. The fraction of sp³-hybridized carbons (Fsp3) is 1.00. The second-order valence-electron chi connectivity index (χ2n) is 8.18. The molecule has 3 rings (SSSR count). The van der Waals surface area contributed by atoms with Gasteiger partial charge in [-0.1, -0.05) is 13.8 Å². The number of ether oxygens (including phenoxy) is 1. The summed E-state index contributed by atoms with van der Waals surface area (Å²) in [6.45, 7) is 5.66. The third kappa shape index (κ3) is 3.55. The van der Waals surface area contributed by atoms with Crippen molar-refractivity contribution in [2.24, 2.45) is 11.3 Å². The van der Waals surface area contributed by atoms with Crippen molar-refractivity contribution in [3.05, 3.63) is 0 Å². The monoisotopic (exact) mass is 281 g/mol. The lowest BCUT2D eigenvalue weighted by atomic mass is 9.76. The van der Waals surface area contributed by atoms with Crippen molar-refractivity contribution >= 4 is 0 Å². The van der Waals surface area contributed by atoms with Crippen LogP contribution < -0.4 is 5.32 Å². The molecule has 0 aliphatic heterocycles. The number of aliphatic hydroxyl groups is 1. The zero-order valence-corrected chi connectivity index (χ0v) is 13.2. The number of rotatable bonds is 7. The highest BCUT2D eigenvalue weighted by Gasteiger charge is 2.48. The van der Waals surface area contributed by atoms with E-state index in [4.69, 9.17) is 4.74 Å². The summed E-state index contributed by atoms with van der Waals surface area (Å²) in [5.74, 6) is 0.633. The molecule has 3 fully saturated rings. The molecule has 0 aromatic carbocycles. The third-order valence-corrected chi connectivity index (χ3v) is 5.57. The van der Waals surface area contributed by atoms with Crippen molar-refractivity contribution in [2.45, 2.75) is 82.9 Å². The smallest absolute Gasteiger partial charge is 0.0681 e. The van der Waals surface area contributed by atoms with E-state index in [1.54, 1.807) is 0 Å². The highest BCUT2D eigenvalue weighted by molar-refractivity contribution is 5.04. The molecule has 0 bridgehead atoms. The number of hydrogen-bond acceptors (Lipinski definition) is 3. The standard InChI is InChI=1S/C17H31NO2/c1-16(2)9-7-15(8-10-16)20-12-17(11-19,13-3-4-13)18-14-5-6-14/h13-15,18-19H,3-12H2,1-2H3. The van der Waals surface area contributed by atoms with Crippen LogP contribution >= 0.6 is 0 Å². The minimum Gasteiger partial charge on any atom is -0.394 e. The normalized spacial score (nSPS) is 30.1. The van der Waals surface area contributed by atoms with Crippen LogP contribution in [-0.2, 0) is 4.74 Å². The predicted molar refractivity (Wildman–Crippen MR) is 80.7 cm³/mol. The minimum atomic E-state index is -0.145. The Bertz CT molecular complexity index is 326. The van der Waals surface area contributed by atoms with E-state index in [9.17, 15) is 5.11 Å². The maximum absolute atomic E-state index is 9.93. The highest BCUT2D eigenvalue weighted by Crippen LogP contribution is 2.42. The van der Waals surface area contributed by atoms with Gasteiger partial charge in [0.1, 0.15) is 0 Å². The Hall–Kier alpha value is -0.120. The molecule has 1 unspecified atom stereocenters. The Morgan fingerprint density at radius 1 is 1.10 bits per heavy atom. The van der Waals surface area contributed by atoms with Gasteiger partial charge in [0, 0.05) is 6.04 Å². The van der Waals surface area contributed by atoms with Crippen LogP contribution in [0.4, 0.5) is 0 Å². The largest absolute Gasteiger partial charge is 0.394 e. The van der Waals surface area contributed by atoms with E-state index in [-0.39, 0.29) is 12.1 Å². The molecule has 3 aliphatic rings. The number of hydrogen-bond donors (Lipinski definition) is 2. The summed E-state index contributed by atoms with van der Waals surface area (Å²) in [6, 6.07) is 0.636. The highest BCUT2D eigenvalue weighted by atomic mass is 16.5. The lowest BCUT2D eigenvalue weighted by Gasteiger charge is -2.38. The summed E-state index contributed by atoms with van der Waals surface area (Å²) in [5.41, 5.74) is 0.352. The molecule has 116 valence electrons. The second-order valence-corrected chi connectivity index (χ2v) is 8.18. The number of nitrogens with one attached hydrogen (secondary N) is 1. The molecule has 20 heavy (non-hydrogen) atoms. The molecule has 2 N–H and O–H groups in total. The first-order valence-electron chi connectivity index (χ1n) is 8.53. The van der Waals surface area contributed by atoms with Crippen molar-refractivity contribution < 1.29 is 9.84 Å². The summed E-state index contributed by atoms with van der Waals surface area (Å²) in [4.78, 5) is 0. The topological polar surface area (TPSA) is 41.5 Å². The van der Waals surface area contributed by atoms with Crippen LogP contribution in [0.2, 0.25) is 0 Å². The van der Waals surface area contributed by atoms with Crippen molar-refractivity contribution in [1.29, 1.82) is 0 Å². The molecule has 3 heteroatoms. The average Bonchev–Trinajstić information content (AvgIpc) is 3.27. The Morgan fingerprint density at radius 2 is 1.75 bits per heavy atom. The van der Waals surface area contributed by atoms with Crippen molar-refractivity contribution in [1.82, 2.24) is 5.32 Å². The van der Waals surface area contributed by atoms with Crippen LogP contribution in [0.1, 0.15) is 65.2 Å².